The second kappa shape index (κ2) is 8.13. The zero-order valence-electron chi connectivity index (χ0n) is 14.5. The van der Waals surface area contributed by atoms with Gasteiger partial charge in [0.15, 0.2) is 0 Å². The van der Waals surface area contributed by atoms with Crippen molar-refractivity contribution in [3.05, 3.63) is 53.6 Å². The number of aryl methyl sites for hydroxylation is 1. The van der Waals surface area contributed by atoms with Crippen molar-refractivity contribution in [2.24, 2.45) is 0 Å². The van der Waals surface area contributed by atoms with Gasteiger partial charge < -0.3 is 10.1 Å². The summed E-state index contributed by atoms with van der Waals surface area (Å²) in [6.07, 6.45) is 0.662. The van der Waals surface area contributed by atoms with Gasteiger partial charge in [-0.2, -0.15) is 0 Å². The van der Waals surface area contributed by atoms with E-state index in [1.165, 1.54) is 25.3 Å². The molecule has 2 aromatic carbocycles. The zero-order chi connectivity index (χ0) is 18.4. The lowest BCUT2D eigenvalue weighted by atomic mass is 10.2. The topological polar surface area (TPSA) is 84.5 Å². The molecular formula is C18H22N2O4S. The fourth-order valence-corrected chi connectivity index (χ4v) is 3.59. The predicted molar refractivity (Wildman–Crippen MR) is 97.6 cm³/mol. The maximum atomic E-state index is 12.5. The summed E-state index contributed by atoms with van der Waals surface area (Å²) >= 11 is 0. The van der Waals surface area contributed by atoms with Crippen LogP contribution < -0.4 is 14.8 Å². The lowest BCUT2D eigenvalue weighted by Crippen LogP contribution is -2.25. The molecule has 25 heavy (non-hydrogen) atoms. The van der Waals surface area contributed by atoms with Crippen molar-refractivity contribution in [3.63, 3.8) is 0 Å². The van der Waals surface area contributed by atoms with Gasteiger partial charge >= 0.3 is 0 Å². The van der Waals surface area contributed by atoms with Crippen LogP contribution in [0.15, 0.2) is 47.4 Å². The van der Waals surface area contributed by atoms with Crippen LogP contribution in [-0.4, -0.2) is 28.0 Å². The predicted octanol–water partition coefficient (Wildman–Crippen LogP) is 2.94. The fraction of sp³-hybridized carbons (Fsp3) is 0.278. The first-order valence-corrected chi connectivity index (χ1v) is 9.41. The maximum absolute atomic E-state index is 12.5. The fourth-order valence-electron chi connectivity index (χ4n) is 2.27. The van der Waals surface area contributed by atoms with Crippen LogP contribution in [0.1, 0.15) is 29.3 Å². The average Bonchev–Trinajstić information content (AvgIpc) is 2.59. The van der Waals surface area contributed by atoms with Gasteiger partial charge in [-0.05, 0) is 49.2 Å². The van der Waals surface area contributed by atoms with Crippen molar-refractivity contribution >= 4 is 21.6 Å². The molecule has 0 unspecified atom stereocenters. The van der Waals surface area contributed by atoms with E-state index in [0.717, 1.165) is 5.56 Å². The third kappa shape index (κ3) is 4.80. The SMILES string of the molecule is CCCNS(=O)(=O)c1cc(C(=O)Nc2cccc(C)c2)ccc1OC. The van der Waals surface area contributed by atoms with E-state index in [9.17, 15) is 13.2 Å². The molecule has 134 valence electrons. The summed E-state index contributed by atoms with van der Waals surface area (Å²) in [6, 6.07) is 11.7. The van der Waals surface area contributed by atoms with E-state index in [-0.39, 0.29) is 22.1 Å². The summed E-state index contributed by atoms with van der Waals surface area (Å²) in [5.74, 6) is -0.198. The highest BCUT2D eigenvalue weighted by molar-refractivity contribution is 7.89. The van der Waals surface area contributed by atoms with E-state index in [2.05, 4.69) is 10.0 Å². The molecular weight excluding hydrogens is 340 g/mol. The van der Waals surface area contributed by atoms with Crippen molar-refractivity contribution in [2.45, 2.75) is 25.2 Å². The molecule has 0 spiro atoms. The van der Waals surface area contributed by atoms with Crippen LogP contribution in [0.4, 0.5) is 5.69 Å². The molecule has 0 bridgehead atoms. The molecule has 6 nitrogen and oxygen atoms in total. The van der Waals surface area contributed by atoms with Gasteiger partial charge in [0, 0.05) is 17.8 Å². The van der Waals surface area contributed by atoms with Crippen LogP contribution in [-0.2, 0) is 10.0 Å². The Morgan fingerprint density at radius 1 is 1.16 bits per heavy atom. The normalized spacial score (nSPS) is 11.2. The Bertz CT molecular complexity index is 863. The van der Waals surface area contributed by atoms with Crippen LogP contribution in [0.2, 0.25) is 0 Å². The van der Waals surface area contributed by atoms with Crippen LogP contribution >= 0.6 is 0 Å². The van der Waals surface area contributed by atoms with Gasteiger partial charge in [0.25, 0.3) is 5.91 Å². The van der Waals surface area contributed by atoms with E-state index in [4.69, 9.17) is 4.74 Å². The number of benzene rings is 2. The second-order valence-corrected chi connectivity index (χ2v) is 7.32. The summed E-state index contributed by atoms with van der Waals surface area (Å²) in [5, 5.41) is 2.76. The monoisotopic (exact) mass is 362 g/mol. The number of ether oxygens (including phenoxy) is 1. The van der Waals surface area contributed by atoms with Crippen LogP contribution in [0.5, 0.6) is 5.75 Å². The van der Waals surface area contributed by atoms with E-state index >= 15 is 0 Å². The highest BCUT2D eigenvalue weighted by atomic mass is 32.2. The van der Waals surface area contributed by atoms with Gasteiger partial charge in [0.2, 0.25) is 10.0 Å². The molecule has 0 saturated carbocycles. The number of nitrogens with one attached hydrogen (secondary N) is 2. The quantitative estimate of drug-likeness (QED) is 0.793. The molecule has 2 rings (SSSR count). The lowest BCUT2D eigenvalue weighted by Gasteiger charge is -2.12. The third-order valence-corrected chi connectivity index (χ3v) is 5.02. The minimum Gasteiger partial charge on any atom is -0.495 e. The van der Waals surface area contributed by atoms with Gasteiger partial charge in [-0.1, -0.05) is 19.1 Å². The minimum absolute atomic E-state index is 0.0552. The van der Waals surface area contributed by atoms with Crippen LogP contribution in [0.25, 0.3) is 0 Å². The Morgan fingerprint density at radius 2 is 1.92 bits per heavy atom. The molecule has 0 aromatic heterocycles. The number of amides is 1. The molecule has 0 aliphatic rings. The Kier molecular flexibility index (Phi) is 6.17. The van der Waals surface area contributed by atoms with Gasteiger partial charge in [0.1, 0.15) is 10.6 Å². The molecule has 2 N–H and O–H groups in total. The van der Waals surface area contributed by atoms with E-state index in [1.807, 2.05) is 32.0 Å². The summed E-state index contributed by atoms with van der Waals surface area (Å²) in [4.78, 5) is 12.4. The molecule has 7 heteroatoms. The molecule has 0 aliphatic carbocycles. The summed E-state index contributed by atoms with van der Waals surface area (Å²) < 4.78 is 32.5. The second-order valence-electron chi connectivity index (χ2n) is 5.59. The largest absolute Gasteiger partial charge is 0.495 e. The highest BCUT2D eigenvalue weighted by Gasteiger charge is 2.21. The van der Waals surface area contributed by atoms with E-state index < -0.39 is 10.0 Å². The Labute approximate surface area is 148 Å². The van der Waals surface area contributed by atoms with Crippen molar-refractivity contribution in [1.82, 2.24) is 4.72 Å². The highest BCUT2D eigenvalue weighted by Crippen LogP contribution is 2.25. The molecule has 2 aromatic rings. The number of sulfonamides is 1. The molecule has 0 radical (unpaired) electrons. The Morgan fingerprint density at radius 3 is 2.56 bits per heavy atom. The van der Waals surface area contributed by atoms with Gasteiger partial charge in [-0.3, -0.25) is 4.79 Å². The number of hydrogen-bond donors (Lipinski definition) is 2. The number of anilines is 1. The molecule has 0 aliphatic heterocycles. The number of carbonyl (C=O) groups excluding carboxylic acids is 1. The molecule has 0 atom stereocenters. The molecule has 0 fully saturated rings. The maximum Gasteiger partial charge on any atom is 0.255 e. The standard InChI is InChI=1S/C18H22N2O4S/c1-4-10-19-25(22,23)17-12-14(8-9-16(17)24-3)18(21)20-15-7-5-6-13(2)11-15/h5-9,11-12,19H,4,10H2,1-3H3,(H,20,21). The number of hydrogen-bond acceptors (Lipinski definition) is 4. The van der Waals surface area contributed by atoms with Crippen LogP contribution in [0, 0.1) is 6.92 Å². The van der Waals surface area contributed by atoms with Crippen molar-refractivity contribution in [1.29, 1.82) is 0 Å². The summed E-state index contributed by atoms with van der Waals surface area (Å²) in [7, 11) is -2.37. The molecule has 1 amide bonds. The number of methoxy groups -OCH3 is 1. The van der Waals surface area contributed by atoms with E-state index in [1.54, 1.807) is 6.07 Å². The molecule has 0 saturated heterocycles. The first kappa shape index (κ1) is 19.0. The van der Waals surface area contributed by atoms with Crippen molar-refractivity contribution < 1.29 is 17.9 Å². The summed E-state index contributed by atoms with van der Waals surface area (Å²) in [5.41, 5.74) is 1.90. The zero-order valence-corrected chi connectivity index (χ0v) is 15.3. The molecule has 0 heterocycles. The third-order valence-electron chi connectivity index (χ3n) is 3.53. The first-order valence-electron chi connectivity index (χ1n) is 7.93. The minimum atomic E-state index is -3.76. The summed E-state index contributed by atoms with van der Waals surface area (Å²) in [6.45, 7) is 4.10. The lowest BCUT2D eigenvalue weighted by molar-refractivity contribution is 0.102. The smallest absolute Gasteiger partial charge is 0.255 e. The number of carbonyl (C=O) groups is 1. The number of rotatable bonds is 7. The Hall–Kier alpha value is -2.38. The Balaban J connectivity index is 2.33. The van der Waals surface area contributed by atoms with Crippen molar-refractivity contribution in [2.75, 3.05) is 19.0 Å². The van der Waals surface area contributed by atoms with Gasteiger partial charge in [-0.25, -0.2) is 13.1 Å². The average molecular weight is 362 g/mol. The van der Waals surface area contributed by atoms with Crippen molar-refractivity contribution in [3.8, 4) is 5.75 Å². The first-order chi connectivity index (χ1) is 11.9. The van der Waals surface area contributed by atoms with Gasteiger partial charge in [0.05, 0.1) is 7.11 Å². The van der Waals surface area contributed by atoms with Gasteiger partial charge in [-0.15, -0.1) is 0 Å². The van der Waals surface area contributed by atoms with Crippen LogP contribution in [0.3, 0.4) is 0 Å². The van der Waals surface area contributed by atoms with E-state index in [0.29, 0.717) is 18.7 Å².